The Balaban J connectivity index is 2.01. The second-order valence-corrected chi connectivity index (χ2v) is 4.45. The van der Waals surface area contributed by atoms with Crippen LogP contribution in [0, 0.1) is 15.9 Å². The molecule has 0 aliphatic carbocycles. The third kappa shape index (κ3) is 3.75. The molecule has 2 aromatic rings. The minimum absolute atomic E-state index is 0.00902. The fraction of sp³-hybridized carbons (Fsp3) is 0.143. The second-order valence-electron chi connectivity index (χ2n) is 4.45. The highest BCUT2D eigenvalue weighted by atomic mass is 19.1. The number of hydrogen-bond donors (Lipinski definition) is 1. The van der Waals surface area contributed by atoms with Crippen LogP contribution in [-0.4, -0.2) is 15.4 Å². The van der Waals surface area contributed by atoms with Crippen molar-refractivity contribution in [2.45, 2.75) is 13.0 Å². The van der Waals surface area contributed by atoms with Gasteiger partial charge >= 0.3 is 5.69 Å². The second kappa shape index (κ2) is 6.61. The summed E-state index contributed by atoms with van der Waals surface area (Å²) in [5.41, 5.74) is -0.816. The van der Waals surface area contributed by atoms with Crippen LogP contribution < -0.4 is 10.9 Å². The molecular weight excluding hydrogens is 293 g/mol. The molecule has 1 heterocycles. The number of nitrogens with zero attached hydrogens (tertiary/aromatic N) is 2. The quantitative estimate of drug-likeness (QED) is 0.674. The number of nitro groups is 1. The zero-order chi connectivity index (χ0) is 16.1. The number of aromatic nitrogens is 1. The third-order valence-electron chi connectivity index (χ3n) is 2.91. The molecule has 0 unspecified atom stereocenters. The molecule has 0 aliphatic heterocycles. The van der Waals surface area contributed by atoms with E-state index in [0.29, 0.717) is 0 Å². The minimum atomic E-state index is -0.973. The Hall–Kier alpha value is -3.03. The number of hydrogen-bond acceptors (Lipinski definition) is 4. The van der Waals surface area contributed by atoms with Crippen LogP contribution in [0.3, 0.4) is 0 Å². The molecule has 0 saturated carbocycles. The molecule has 0 spiro atoms. The molecule has 0 radical (unpaired) electrons. The number of halogens is 1. The molecule has 0 atom stereocenters. The summed E-state index contributed by atoms with van der Waals surface area (Å²) in [6, 6.07) is 7.73. The van der Waals surface area contributed by atoms with Gasteiger partial charge in [-0.05, 0) is 18.2 Å². The number of nitro benzene ring substituents is 1. The summed E-state index contributed by atoms with van der Waals surface area (Å²) in [4.78, 5) is 33.0. The van der Waals surface area contributed by atoms with E-state index in [0.717, 1.165) is 12.1 Å². The summed E-state index contributed by atoms with van der Waals surface area (Å²) >= 11 is 0. The van der Waals surface area contributed by atoms with Gasteiger partial charge in [0.25, 0.3) is 5.56 Å². The summed E-state index contributed by atoms with van der Waals surface area (Å²) in [6.45, 7) is 0.175. The van der Waals surface area contributed by atoms with E-state index in [-0.39, 0.29) is 24.2 Å². The summed E-state index contributed by atoms with van der Waals surface area (Å²) in [5.74, 6) is -1.41. The molecule has 0 bridgehead atoms. The van der Waals surface area contributed by atoms with Crippen LogP contribution in [0.2, 0.25) is 0 Å². The van der Waals surface area contributed by atoms with E-state index in [1.54, 1.807) is 18.3 Å². The molecule has 0 aliphatic rings. The van der Waals surface area contributed by atoms with Crippen molar-refractivity contribution in [1.82, 2.24) is 4.57 Å². The van der Waals surface area contributed by atoms with Crippen LogP contribution in [0.15, 0.2) is 47.4 Å². The SMILES string of the molecule is O=C(CCn1ccccc1=O)Nc1ccc(F)c([N+](=O)[O-])c1. The molecule has 1 N–H and O–H groups in total. The smallest absolute Gasteiger partial charge is 0.306 e. The van der Waals surface area contributed by atoms with Crippen molar-refractivity contribution in [3.8, 4) is 0 Å². The predicted octanol–water partition coefficient (Wildman–Crippen LogP) is 1.92. The van der Waals surface area contributed by atoms with Crippen LogP contribution in [0.25, 0.3) is 0 Å². The predicted molar refractivity (Wildman–Crippen MR) is 77.0 cm³/mol. The standard InChI is InChI=1S/C14H12FN3O4/c15-11-5-4-10(9-12(11)18(21)22)16-13(19)6-8-17-7-2-1-3-14(17)20/h1-5,7,9H,6,8H2,(H,16,19). The van der Waals surface area contributed by atoms with Crippen LogP contribution >= 0.6 is 0 Å². The van der Waals surface area contributed by atoms with E-state index in [4.69, 9.17) is 0 Å². The van der Waals surface area contributed by atoms with Crippen molar-refractivity contribution in [2.75, 3.05) is 5.32 Å². The largest absolute Gasteiger partial charge is 0.326 e. The van der Waals surface area contributed by atoms with Gasteiger partial charge in [-0.3, -0.25) is 19.7 Å². The zero-order valence-electron chi connectivity index (χ0n) is 11.4. The minimum Gasteiger partial charge on any atom is -0.326 e. The van der Waals surface area contributed by atoms with Gasteiger partial charge in [-0.1, -0.05) is 6.07 Å². The summed E-state index contributed by atoms with van der Waals surface area (Å²) < 4.78 is 14.5. The summed E-state index contributed by atoms with van der Waals surface area (Å²) in [5, 5.41) is 13.1. The lowest BCUT2D eigenvalue weighted by Gasteiger charge is -2.07. The number of carbonyl (C=O) groups is 1. The first kappa shape index (κ1) is 15.4. The molecule has 8 heteroatoms. The molecule has 0 saturated heterocycles. The summed E-state index contributed by atoms with van der Waals surface area (Å²) in [7, 11) is 0. The van der Waals surface area contributed by atoms with E-state index < -0.39 is 22.3 Å². The zero-order valence-corrected chi connectivity index (χ0v) is 11.4. The van der Waals surface area contributed by atoms with Crippen LogP contribution in [0.5, 0.6) is 0 Å². The molecule has 114 valence electrons. The lowest BCUT2D eigenvalue weighted by molar-refractivity contribution is -0.387. The third-order valence-corrected chi connectivity index (χ3v) is 2.91. The first-order valence-electron chi connectivity index (χ1n) is 6.36. The molecule has 2 rings (SSSR count). The lowest BCUT2D eigenvalue weighted by Crippen LogP contribution is -2.21. The van der Waals surface area contributed by atoms with E-state index in [1.807, 2.05) is 0 Å². The number of carbonyl (C=O) groups excluding carboxylic acids is 1. The maximum atomic E-state index is 13.2. The molecule has 1 aromatic heterocycles. The van der Waals surface area contributed by atoms with Crippen molar-refractivity contribution >= 4 is 17.3 Å². The number of amides is 1. The Labute approximate surface area is 124 Å². The van der Waals surface area contributed by atoms with Crippen LogP contribution in [-0.2, 0) is 11.3 Å². The highest BCUT2D eigenvalue weighted by Gasteiger charge is 2.15. The van der Waals surface area contributed by atoms with Gasteiger partial charge in [-0.2, -0.15) is 4.39 Å². The molecule has 22 heavy (non-hydrogen) atoms. The topological polar surface area (TPSA) is 94.2 Å². The van der Waals surface area contributed by atoms with Crippen molar-refractivity contribution in [3.63, 3.8) is 0 Å². The number of aryl methyl sites for hydroxylation is 1. The molecule has 7 nitrogen and oxygen atoms in total. The first-order chi connectivity index (χ1) is 10.5. The van der Waals surface area contributed by atoms with Gasteiger partial charge in [0, 0.05) is 37.0 Å². The Morgan fingerprint density at radius 1 is 1.32 bits per heavy atom. The van der Waals surface area contributed by atoms with E-state index in [9.17, 15) is 24.1 Å². The fourth-order valence-electron chi connectivity index (χ4n) is 1.82. The Morgan fingerprint density at radius 2 is 2.09 bits per heavy atom. The fourth-order valence-corrected chi connectivity index (χ4v) is 1.82. The number of anilines is 1. The monoisotopic (exact) mass is 305 g/mol. The van der Waals surface area contributed by atoms with Crippen molar-refractivity contribution in [3.05, 3.63) is 68.9 Å². The number of rotatable bonds is 5. The van der Waals surface area contributed by atoms with E-state index in [2.05, 4.69) is 5.32 Å². The van der Waals surface area contributed by atoms with Gasteiger partial charge in [-0.25, -0.2) is 0 Å². The van der Waals surface area contributed by atoms with Crippen molar-refractivity contribution in [2.24, 2.45) is 0 Å². The molecular formula is C14H12FN3O4. The Kier molecular flexibility index (Phi) is 4.62. The van der Waals surface area contributed by atoms with Crippen LogP contribution in [0.4, 0.5) is 15.8 Å². The lowest BCUT2D eigenvalue weighted by atomic mass is 10.2. The molecule has 1 aromatic carbocycles. The van der Waals surface area contributed by atoms with Crippen molar-refractivity contribution < 1.29 is 14.1 Å². The maximum absolute atomic E-state index is 13.2. The first-order valence-corrected chi connectivity index (χ1v) is 6.36. The normalized spacial score (nSPS) is 10.2. The maximum Gasteiger partial charge on any atom is 0.306 e. The highest BCUT2D eigenvalue weighted by molar-refractivity contribution is 5.90. The number of pyridine rings is 1. The van der Waals surface area contributed by atoms with E-state index >= 15 is 0 Å². The van der Waals surface area contributed by atoms with Gasteiger partial charge in [0.1, 0.15) is 0 Å². The van der Waals surface area contributed by atoms with Gasteiger partial charge in [0.2, 0.25) is 11.7 Å². The van der Waals surface area contributed by atoms with Gasteiger partial charge in [0.15, 0.2) is 0 Å². The average Bonchev–Trinajstić information content (AvgIpc) is 2.48. The van der Waals surface area contributed by atoms with Gasteiger partial charge in [0.05, 0.1) is 4.92 Å². The van der Waals surface area contributed by atoms with Gasteiger partial charge in [-0.15, -0.1) is 0 Å². The average molecular weight is 305 g/mol. The highest BCUT2D eigenvalue weighted by Crippen LogP contribution is 2.21. The number of nitrogens with one attached hydrogen (secondary N) is 1. The Bertz CT molecular complexity index is 773. The Morgan fingerprint density at radius 3 is 2.77 bits per heavy atom. The molecule has 1 amide bonds. The number of benzene rings is 1. The molecule has 0 fully saturated rings. The van der Waals surface area contributed by atoms with Gasteiger partial charge < -0.3 is 9.88 Å². The van der Waals surface area contributed by atoms with Crippen LogP contribution in [0.1, 0.15) is 6.42 Å². The summed E-state index contributed by atoms with van der Waals surface area (Å²) in [6.07, 6.45) is 1.56. The van der Waals surface area contributed by atoms with E-state index in [1.165, 1.54) is 16.7 Å². The van der Waals surface area contributed by atoms with Crippen molar-refractivity contribution in [1.29, 1.82) is 0 Å².